The highest BCUT2D eigenvalue weighted by Gasteiger charge is 2.63. The van der Waals surface area contributed by atoms with Crippen molar-refractivity contribution in [3.8, 4) is 5.75 Å². The van der Waals surface area contributed by atoms with Gasteiger partial charge in [0.2, 0.25) is 0 Å². The number of hydrogen-bond donors (Lipinski definition) is 2. The second kappa shape index (κ2) is 16.0. The van der Waals surface area contributed by atoms with Crippen LogP contribution in [0.5, 0.6) is 5.75 Å². The van der Waals surface area contributed by atoms with E-state index in [1.165, 1.54) is 7.11 Å². The lowest BCUT2D eigenvalue weighted by Crippen LogP contribution is -2.57. The van der Waals surface area contributed by atoms with E-state index in [0.29, 0.717) is 19.4 Å². The largest absolute Gasteiger partial charge is 0.497 e. The lowest BCUT2D eigenvalue weighted by Gasteiger charge is -2.49. The van der Waals surface area contributed by atoms with Gasteiger partial charge in [0.15, 0.2) is 17.9 Å². The van der Waals surface area contributed by atoms with E-state index in [4.69, 9.17) is 42.6 Å². The molecule has 56 heavy (non-hydrogen) atoms. The predicted octanol–water partition coefficient (Wildman–Crippen LogP) is 7.04. The number of carboxylic acids is 1. The summed E-state index contributed by atoms with van der Waals surface area (Å²) >= 11 is 0. The van der Waals surface area contributed by atoms with Crippen LogP contribution in [0.2, 0.25) is 0 Å². The van der Waals surface area contributed by atoms with Gasteiger partial charge in [-0.3, -0.25) is 4.79 Å². The molecule has 0 aliphatic carbocycles. The molecule has 12 heteroatoms. The van der Waals surface area contributed by atoms with Crippen LogP contribution in [0.3, 0.4) is 0 Å². The van der Waals surface area contributed by atoms with Crippen LogP contribution in [0.25, 0.3) is 0 Å². The molecule has 6 fully saturated rings. The van der Waals surface area contributed by atoms with Gasteiger partial charge < -0.3 is 52.8 Å². The van der Waals surface area contributed by atoms with Crippen LogP contribution < -0.4 is 4.74 Å². The molecule has 0 radical (unpaired) electrons. The molecule has 12 nitrogen and oxygen atoms in total. The summed E-state index contributed by atoms with van der Waals surface area (Å²) in [5.41, 5.74) is -0.179. The second-order valence-corrected chi connectivity index (χ2v) is 18.6. The lowest BCUT2D eigenvalue weighted by atomic mass is 9.78. The predicted molar refractivity (Wildman–Crippen MR) is 206 cm³/mol. The highest BCUT2D eigenvalue weighted by atomic mass is 16.8. The maximum Gasteiger partial charge on any atom is 0.308 e. The first-order chi connectivity index (χ1) is 26.5. The zero-order valence-corrected chi connectivity index (χ0v) is 35.2. The Morgan fingerprint density at radius 2 is 1.70 bits per heavy atom. The maximum atomic E-state index is 11.9. The summed E-state index contributed by atoms with van der Waals surface area (Å²) in [5.74, 6) is -2.54. The van der Waals surface area contributed by atoms with Gasteiger partial charge >= 0.3 is 5.97 Å². The van der Waals surface area contributed by atoms with E-state index < -0.39 is 59.3 Å². The Kier molecular flexibility index (Phi) is 12.0. The molecule has 0 amide bonds. The highest BCUT2D eigenvalue weighted by Crippen LogP contribution is 2.55. The number of methoxy groups -OCH3 is 2. The molecular weight excluding hydrogens is 720 g/mol. The summed E-state index contributed by atoms with van der Waals surface area (Å²) < 4.78 is 59.1. The summed E-state index contributed by atoms with van der Waals surface area (Å²) in [6.07, 6.45) is 3.22. The molecule has 1 unspecified atom stereocenters. The molecule has 316 valence electrons. The smallest absolute Gasteiger partial charge is 0.308 e. The highest BCUT2D eigenvalue weighted by molar-refractivity contribution is 5.70. The second-order valence-electron chi connectivity index (χ2n) is 18.6. The summed E-state index contributed by atoms with van der Waals surface area (Å²) in [7, 11) is 3.19. The topological polar surface area (TPSA) is 141 Å². The van der Waals surface area contributed by atoms with E-state index >= 15 is 0 Å². The number of benzene rings is 1. The van der Waals surface area contributed by atoms with Crippen LogP contribution >= 0.6 is 0 Å². The molecule has 7 rings (SSSR count). The van der Waals surface area contributed by atoms with Crippen molar-refractivity contribution in [3.05, 3.63) is 29.8 Å². The summed E-state index contributed by atoms with van der Waals surface area (Å²) in [4.78, 5) is 11.9. The Labute approximate surface area is 333 Å². The van der Waals surface area contributed by atoms with Gasteiger partial charge in [0.1, 0.15) is 12.4 Å². The van der Waals surface area contributed by atoms with Crippen LogP contribution in [0.1, 0.15) is 119 Å². The molecule has 0 aromatic heterocycles. The van der Waals surface area contributed by atoms with Crippen LogP contribution in [0.15, 0.2) is 24.3 Å². The van der Waals surface area contributed by atoms with Gasteiger partial charge in [-0.15, -0.1) is 0 Å². The molecule has 2 N–H and O–H groups in total. The van der Waals surface area contributed by atoms with Crippen molar-refractivity contribution in [3.63, 3.8) is 0 Å². The SMILES string of the molecule is CC[C@@]1([C@@H]2O[C@@H]([C@H]3O[C@@]4(COC(c5ccc(OC)cc5)O4)[C@H](C)C[C@@H]3C)C[C@@H]2C)CC[C@H]([C@]2(C)CC[C@]3(C[C@H](O)[C@@H](C)[C@@H]([C@@H](C)[C@@H](OC)[C@H](C)C(=O)O)O3)O2)O1. The monoisotopic (exact) mass is 788 g/mol. The fourth-order valence-corrected chi connectivity index (χ4v) is 11.4. The number of ether oxygens (including phenoxy) is 9. The van der Waals surface area contributed by atoms with Crippen LogP contribution in [-0.4, -0.2) is 103 Å². The Hall–Kier alpha value is -1.87. The Morgan fingerprint density at radius 1 is 0.964 bits per heavy atom. The standard InChI is InChI=1S/C44H68O12/c1-11-42(17-16-34(52-42)41(8)18-19-43(56-41)22-32(45)27(5)37(53-43)28(6)36(49-10)29(7)39(46)47)38-25(3)21-33(51-38)35-24(2)20-26(4)44(54-35)23-50-40(55-44)30-12-14-31(48-9)15-13-30/h12-15,24-29,32-38,40,45H,11,16-23H2,1-10H3,(H,46,47)/t24-,25-,26+,27+,28-,29-,32-,33+,34+,35-,36+,37-,38+,40?,41-,42-,43+,44+/m0/s1. The zero-order valence-electron chi connectivity index (χ0n) is 35.2. The fourth-order valence-electron chi connectivity index (χ4n) is 11.4. The van der Waals surface area contributed by atoms with Crippen LogP contribution in [-0.2, 0) is 42.7 Å². The maximum absolute atomic E-state index is 11.9. The Balaban J connectivity index is 1.02. The molecule has 18 atom stereocenters. The normalized spacial score (nSPS) is 47.0. The van der Waals surface area contributed by atoms with Crippen molar-refractivity contribution < 1.29 is 57.6 Å². The third kappa shape index (κ3) is 7.46. The first-order valence-electron chi connectivity index (χ1n) is 21.3. The van der Waals surface area contributed by atoms with Gasteiger partial charge in [-0.25, -0.2) is 0 Å². The van der Waals surface area contributed by atoms with E-state index in [1.54, 1.807) is 14.0 Å². The van der Waals surface area contributed by atoms with Crippen molar-refractivity contribution in [1.29, 1.82) is 0 Å². The molecule has 6 saturated heterocycles. The average Bonchev–Trinajstić information content (AvgIpc) is 3.97. The number of aliphatic hydroxyl groups excluding tert-OH is 1. The van der Waals surface area contributed by atoms with E-state index in [2.05, 4.69) is 34.6 Å². The average molecular weight is 789 g/mol. The molecule has 6 aliphatic rings. The zero-order chi connectivity index (χ0) is 40.4. The fraction of sp³-hybridized carbons (Fsp3) is 0.841. The Bertz CT molecular complexity index is 1530. The number of carboxylic acid groups (broad SMARTS) is 1. The van der Waals surface area contributed by atoms with Crippen molar-refractivity contribution in [2.24, 2.45) is 35.5 Å². The Morgan fingerprint density at radius 3 is 2.36 bits per heavy atom. The number of carbonyl (C=O) groups is 1. The minimum Gasteiger partial charge on any atom is -0.497 e. The van der Waals surface area contributed by atoms with Gasteiger partial charge in [0.05, 0.1) is 67.0 Å². The van der Waals surface area contributed by atoms with Gasteiger partial charge in [-0.05, 0) is 76.3 Å². The lowest BCUT2D eigenvalue weighted by molar-refractivity contribution is -0.336. The molecule has 2 spiro atoms. The van der Waals surface area contributed by atoms with E-state index in [1.807, 2.05) is 38.1 Å². The molecule has 1 aromatic carbocycles. The molecule has 1 aromatic rings. The van der Waals surface area contributed by atoms with E-state index in [9.17, 15) is 15.0 Å². The number of rotatable bonds is 11. The van der Waals surface area contributed by atoms with Gasteiger partial charge in [0.25, 0.3) is 0 Å². The van der Waals surface area contributed by atoms with Crippen molar-refractivity contribution in [2.75, 3.05) is 20.8 Å². The quantitative estimate of drug-likeness (QED) is 0.238. The molecule has 6 heterocycles. The molecular formula is C44H68O12. The van der Waals surface area contributed by atoms with Gasteiger partial charge in [0, 0.05) is 43.3 Å². The number of aliphatic hydroxyl groups is 1. The van der Waals surface area contributed by atoms with Crippen LogP contribution in [0, 0.1) is 35.5 Å². The van der Waals surface area contributed by atoms with Gasteiger partial charge in [-0.2, -0.15) is 0 Å². The van der Waals surface area contributed by atoms with Crippen molar-refractivity contribution in [2.45, 2.75) is 179 Å². The van der Waals surface area contributed by atoms with Crippen molar-refractivity contribution in [1.82, 2.24) is 0 Å². The minimum atomic E-state index is -0.993. The van der Waals surface area contributed by atoms with Crippen LogP contribution in [0.4, 0.5) is 0 Å². The van der Waals surface area contributed by atoms with E-state index in [-0.39, 0.29) is 54.0 Å². The van der Waals surface area contributed by atoms with Crippen molar-refractivity contribution >= 4 is 5.97 Å². The first-order valence-corrected chi connectivity index (χ1v) is 21.3. The summed E-state index contributed by atoms with van der Waals surface area (Å²) in [5, 5.41) is 21.1. The molecule has 0 bridgehead atoms. The molecule has 6 aliphatic heterocycles. The first kappa shape index (κ1) is 42.3. The summed E-state index contributed by atoms with van der Waals surface area (Å²) in [6, 6.07) is 7.79. The number of aliphatic carboxylic acids is 1. The van der Waals surface area contributed by atoms with E-state index in [0.717, 1.165) is 49.8 Å². The third-order valence-electron chi connectivity index (χ3n) is 14.9. The number of hydrogen-bond acceptors (Lipinski definition) is 11. The molecule has 0 saturated carbocycles. The summed E-state index contributed by atoms with van der Waals surface area (Å²) in [6.45, 7) is 17.0. The minimum absolute atomic E-state index is 0.108. The van der Waals surface area contributed by atoms with Gasteiger partial charge in [-0.1, -0.05) is 53.7 Å². The third-order valence-corrected chi connectivity index (χ3v) is 14.9.